The average molecular weight is 451 g/mol. The van der Waals surface area contributed by atoms with Crippen LogP contribution < -0.4 is 9.62 Å². The van der Waals surface area contributed by atoms with Crippen molar-refractivity contribution in [2.75, 3.05) is 17.1 Å². The highest BCUT2D eigenvalue weighted by Crippen LogP contribution is 2.26. The molecule has 1 N–H and O–H groups in total. The number of sulfonamides is 1. The van der Waals surface area contributed by atoms with Gasteiger partial charge in [0, 0.05) is 4.47 Å². The van der Waals surface area contributed by atoms with Gasteiger partial charge >= 0.3 is 0 Å². The van der Waals surface area contributed by atoms with Gasteiger partial charge in [0.15, 0.2) is 0 Å². The number of carbonyl (C=O) groups excluding carboxylic acids is 1. The van der Waals surface area contributed by atoms with E-state index in [0.717, 1.165) is 33.4 Å². The lowest BCUT2D eigenvalue weighted by Crippen LogP contribution is -2.41. The summed E-state index contributed by atoms with van der Waals surface area (Å²) in [4.78, 5) is 12.5. The second kappa shape index (κ2) is 8.02. The topological polar surface area (TPSA) is 66.5 Å². The summed E-state index contributed by atoms with van der Waals surface area (Å²) < 4.78 is 26.3. The molecule has 0 fully saturated rings. The minimum Gasteiger partial charge on any atom is -0.348 e. The highest BCUT2D eigenvalue weighted by molar-refractivity contribution is 9.10. The second-order valence-electron chi connectivity index (χ2n) is 6.92. The van der Waals surface area contributed by atoms with Crippen molar-refractivity contribution in [3.05, 3.63) is 63.6 Å². The van der Waals surface area contributed by atoms with Crippen LogP contribution in [0.3, 0.4) is 0 Å². The van der Waals surface area contributed by atoms with Gasteiger partial charge < -0.3 is 5.32 Å². The van der Waals surface area contributed by atoms with Gasteiger partial charge in [0.1, 0.15) is 6.54 Å². The third kappa shape index (κ3) is 4.90. The maximum atomic E-state index is 12.5. The van der Waals surface area contributed by atoms with Crippen LogP contribution in [-0.4, -0.2) is 27.1 Å². The Bertz CT molecular complexity index is 959. The molecule has 1 aliphatic carbocycles. The van der Waals surface area contributed by atoms with Gasteiger partial charge in [-0.15, -0.1) is 0 Å². The van der Waals surface area contributed by atoms with Gasteiger partial charge in [-0.2, -0.15) is 0 Å². The Morgan fingerprint density at radius 1 is 1.19 bits per heavy atom. The van der Waals surface area contributed by atoms with Gasteiger partial charge in [-0.1, -0.05) is 40.2 Å². The molecule has 0 saturated carbocycles. The number of anilines is 1. The van der Waals surface area contributed by atoms with Crippen molar-refractivity contribution in [1.82, 2.24) is 5.32 Å². The molecule has 0 spiro atoms. The Labute approximate surface area is 169 Å². The third-order valence-electron chi connectivity index (χ3n) is 4.78. The molecule has 1 atom stereocenters. The normalized spacial score (nSPS) is 14.5. The monoisotopic (exact) mass is 450 g/mol. The van der Waals surface area contributed by atoms with Crippen LogP contribution in [-0.2, 0) is 27.7 Å². The van der Waals surface area contributed by atoms with Gasteiger partial charge in [-0.3, -0.25) is 9.10 Å². The van der Waals surface area contributed by atoms with Crippen LogP contribution in [0.5, 0.6) is 0 Å². The SMILES string of the molecule is C[C@@H](NC(=O)CN(c1cccc(Br)c1)S(C)(=O)=O)c1ccc2c(c1)CCC2. The highest BCUT2D eigenvalue weighted by Gasteiger charge is 2.22. The zero-order chi connectivity index (χ0) is 19.6. The molecule has 27 heavy (non-hydrogen) atoms. The van der Waals surface area contributed by atoms with Crippen molar-refractivity contribution in [2.24, 2.45) is 0 Å². The molecule has 0 aromatic heterocycles. The van der Waals surface area contributed by atoms with Crippen molar-refractivity contribution in [3.8, 4) is 0 Å². The lowest BCUT2D eigenvalue weighted by Gasteiger charge is -2.23. The van der Waals surface area contributed by atoms with Crippen molar-refractivity contribution in [2.45, 2.75) is 32.2 Å². The van der Waals surface area contributed by atoms with E-state index in [4.69, 9.17) is 0 Å². The zero-order valence-electron chi connectivity index (χ0n) is 15.4. The number of rotatable bonds is 6. The molecule has 1 aliphatic rings. The smallest absolute Gasteiger partial charge is 0.241 e. The first kappa shape index (κ1) is 19.9. The van der Waals surface area contributed by atoms with E-state index in [-0.39, 0.29) is 18.5 Å². The van der Waals surface area contributed by atoms with Crippen LogP contribution in [0.25, 0.3) is 0 Å². The minimum atomic E-state index is -3.59. The highest BCUT2D eigenvalue weighted by atomic mass is 79.9. The number of nitrogens with one attached hydrogen (secondary N) is 1. The van der Waals surface area contributed by atoms with Crippen molar-refractivity contribution < 1.29 is 13.2 Å². The van der Waals surface area contributed by atoms with Gasteiger partial charge in [-0.25, -0.2) is 8.42 Å². The molecule has 0 saturated heterocycles. The molecule has 0 unspecified atom stereocenters. The number of fused-ring (bicyclic) bond motifs is 1. The number of benzene rings is 2. The molecule has 144 valence electrons. The predicted molar refractivity (Wildman–Crippen MR) is 111 cm³/mol. The molecule has 0 radical (unpaired) electrons. The molecule has 1 amide bonds. The van der Waals surface area contributed by atoms with E-state index in [9.17, 15) is 13.2 Å². The number of carbonyl (C=O) groups is 1. The first-order chi connectivity index (χ1) is 12.7. The zero-order valence-corrected chi connectivity index (χ0v) is 17.8. The Kier molecular flexibility index (Phi) is 5.91. The lowest BCUT2D eigenvalue weighted by atomic mass is 10.0. The first-order valence-electron chi connectivity index (χ1n) is 8.88. The maximum Gasteiger partial charge on any atom is 0.241 e. The molecule has 3 rings (SSSR count). The van der Waals surface area contributed by atoms with E-state index in [1.54, 1.807) is 24.3 Å². The van der Waals surface area contributed by atoms with E-state index >= 15 is 0 Å². The van der Waals surface area contributed by atoms with E-state index in [2.05, 4.69) is 33.4 Å². The summed E-state index contributed by atoms with van der Waals surface area (Å²) in [7, 11) is -3.59. The molecule has 0 bridgehead atoms. The molecule has 0 aliphatic heterocycles. The lowest BCUT2D eigenvalue weighted by molar-refractivity contribution is -0.120. The van der Waals surface area contributed by atoms with Gasteiger partial charge in [0.25, 0.3) is 0 Å². The number of aryl methyl sites for hydroxylation is 2. The van der Waals surface area contributed by atoms with Crippen LogP contribution >= 0.6 is 15.9 Å². The summed E-state index contributed by atoms with van der Waals surface area (Å²) in [6, 6.07) is 13.0. The fourth-order valence-electron chi connectivity index (χ4n) is 3.39. The number of nitrogens with zero attached hydrogens (tertiary/aromatic N) is 1. The van der Waals surface area contributed by atoms with E-state index < -0.39 is 10.0 Å². The Morgan fingerprint density at radius 2 is 1.93 bits per heavy atom. The molecule has 7 heteroatoms. The van der Waals surface area contributed by atoms with Crippen LogP contribution in [0.4, 0.5) is 5.69 Å². The van der Waals surface area contributed by atoms with Crippen LogP contribution in [0.2, 0.25) is 0 Å². The molecule has 2 aromatic carbocycles. The number of hydrogen-bond donors (Lipinski definition) is 1. The van der Waals surface area contributed by atoms with Gasteiger partial charge in [-0.05, 0) is 61.1 Å². The summed E-state index contributed by atoms with van der Waals surface area (Å²) in [6.07, 6.45) is 4.47. The standard InChI is InChI=1S/C20H23BrN2O3S/c1-14(16-10-9-15-5-3-6-17(15)11-16)22-20(24)13-23(27(2,25)26)19-8-4-7-18(21)12-19/h4,7-12,14H,3,5-6,13H2,1-2H3,(H,22,24)/t14-/m1/s1. The van der Waals surface area contributed by atoms with E-state index in [0.29, 0.717) is 5.69 Å². The summed E-state index contributed by atoms with van der Waals surface area (Å²) in [5.74, 6) is -0.339. The van der Waals surface area contributed by atoms with Crippen molar-refractivity contribution in [1.29, 1.82) is 0 Å². The molecular formula is C20H23BrN2O3S. The largest absolute Gasteiger partial charge is 0.348 e. The van der Waals surface area contributed by atoms with E-state index in [1.165, 1.54) is 17.5 Å². The number of amides is 1. The molecule has 0 heterocycles. The molecule has 2 aromatic rings. The van der Waals surface area contributed by atoms with Crippen LogP contribution in [0.15, 0.2) is 46.9 Å². The summed E-state index contributed by atoms with van der Waals surface area (Å²) in [5, 5.41) is 2.92. The maximum absolute atomic E-state index is 12.5. The fraction of sp³-hybridized carbons (Fsp3) is 0.350. The molecular weight excluding hydrogens is 428 g/mol. The van der Waals surface area contributed by atoms with Crippen LogP contribution in [0, 0.1) is 0 Å². The summed E-state index contributed by atoms with van der Waals surface area (Å²) >= 11 is 3.34. The number of hydrogen-bond acceptors (Lipinski definition) is 3. The molecule has 5 nitrogen and oxygen atoms in total. The Hall–Kier alpha value is -1.86. The number of halogens is 1. The van der Waals surface area contributed by atoms with Crippen LogP contribution in [0.1, 0.15) is 36.1 Å². The fourth-order valence-corrected chi connectivity index (χ4v) is 4.63. The first-order valence-corrected chi connectivity index (χ1v) is 11.5. The quantitative estimate of drug-likeness (QED) is 0.730. The summed E-state index contributed by atoms with van der Waals surface area (Å²) in [5.41, 5.74) is 4.22. The average Bonchev–Trinajstić information content (AvgIpc) is 3.06. The Morgan fingerprint density at radius 3 is 2.63 bits per heavy atom. The Balaban J connectivity index is 1.72. The predicted octanol–water partition coefficient (Wildman–Crippen LogP) is 3.58. The van der Waals surface area contributed by atoms with Crippen molar-refractivity contribution in [3.63, 3.8) is 0 Å². The third-order valence-corrected chi connectivity index (χ3v) is 6.42. The van der Waals surface area contributed by atoms with Gasteiger partial charge in [0.05, 0.1) is 18.0 Å². The van der Waals surface area contributed by atoms with Gasteiger partial charge in [0.2, 0.25) is 15.9 Å². The summed E-state index contributed by atoms with van der Waals surface area (Å²) in [6.45, 7) is 1.66. The van der Waals surface area contributed by atoms with E-state index in [1.807, 2.05) is 13.0 Å². The van der Waals surface area contributed by atoms with Crippen molar-refractivity contribution >= 4 is 37.5 Å². The second-order valence-corrected chi connectivity index (χ2v) is 9.74. The minimum absolute atomic E-state index is 0.188.